The van der Waals surface area contributed by atoms with Crippen LogP contribution in [0.25, 0.3) is 0 Å². The molecule has 0 N–H and O–H groups in total. The molecule has 2 rings (SSSR count). The van der Waals surface area contributed by atoms with Crippen LogP contribution in [0.2, 0.25) is 5.02 Å². The predicted molar refractivity (Wildman–Crippen MR) is 87.9 cm³/mol. The van der Waals surface area contributed by atoms with E-state index in [1.54, 1.807) is 18.2 Å². The first-order chi connectivity index (χ1) is 9.47. The molecular weight excluding hydrogens is 407 g/mol. The average molecular weight is 419 g/mol. The lowest BCUT2D eigenvalue weighted by atomic mass is 10.1. The van der Waals surface area contributed by atoms with E-state index in [0.29, 0.717) is 16.3 Å². The van der Waals surface area contributed by atoms with Crippen molar-refractivity contribution in [3.8, 4) is 5.75 Å². The summed E-state index contributed by atoms with van der Waals surface area (Å²) in [6.07, 6.45) is 0. The van der Waals surface area contributed by atoms with Gasteiger partial charge in [-0.25, -0.2) is 0 Å². The van der Waals surface area contributed by atoms with Gasteiger partial charge in [-0.05, 0) is 36.8 Å². The summed E-state index contributed by atoms with van der Waals surface area (Å²) in [4.78, 5) is 12.0. The van der Waals surface area contributed by atoms with Gasteiger partial charge >= 0.3 is 0 Å². The number of Topliss-reactive ketones (excluding diaryl/α,β-unsaturated/α-hetero) is 1. The molecular formula is C15H11Br2ClO2. The number of ketones is 1. The maximum Gasteiger partial charge on any atom is 0.200 e. The van der Waals surface area contributed by atoms with E-state index in [1.165, 1.54) is 0 Å². The van der Waals surface area contributed by atoms with Gasteiger partial charge in [-0.2, -0.15) is 0 Å². The number of rotatable bonds is 4. The number of halogens is 3. The molecule has 0 aromatic heterocycles. The average Bonchev–Trinajstić information content (AvgIpc) is 2.38. The summed E-state index contributed by atoms with van der Waals surface area (Å²) in [6.45, 7) is 1.85. The number of carbonyl (C=O) groups is 1. The van der Waals surface area contributed by atoms with Crippen LogP contribution in [0, 0.1) is 6.92 Å². The van der Waals surface area contributed by atoms with E-state index in [-0.39, 0.29) is 12.4 Å². The van der Waals surface area contributed by atoms with Gasteiger partial charge in [0.05, 0.1) is 5.02 Å². The van der Waals surface area contributed by atoms with Gasteiger partial charge in [0.25, 0.3) is 0 Å². The topological polar surface area (TPSA) is 26.3 Å². The predicted octanol–water partition coefficient (Wildman–Crippen LogP) is 5.44. The number of ether oxygens (including phenoxy) is 1. The van der Waals surface area contributed by atoms with Gasteiger partial charge < -0.3 is 4.74 Å². The third-order valence-corrected chi connectivity index (χ3v) is 3.98. The molecule has 0 aliphatic heterocycles. The Labute approximate surface area is 139 Å². The largest absolute Gasteiger partial charge is 0.484 e. The van der Waals surface area contributed by atoms with Crippen molar-refractivity contribution < 1.29 is 9.53 Å². The summed E-state index contributed by atoms with van der Waals surface area (Å²) >= 11 is 12.8. The molecule has 0 fully saturated rings. The highest BCUT2D eigenvalue weighted by molar-refractivity contribution is 9.10. The van der Waals surface area contributed by atoms with E-state index in [4.69, 9.17) is 16.3 Å². The highest BCUT2D eigenvalue weighted by Crippen LogP contribution is 2.32. The molecule has 2 aromatic carbocycles. The van der Waals surface area contributed by atoms with Gasteiger partial charge in [-0.15, -0.1) is 0 Å². The second-order valence-electron chi connectivity index (χ2n) is 4.25. The van der Waals surface area contributed by atoms with Crippen molar-refractivity contribution in [3.63, 3.8) is 0 Å². The summed E-state index contributed by atoms with van der Waals surface area (Å²) in [5.41, 5.74) is 1.49. The first-order valence-corrected chi connectivity index (χ1v) is 7.81. The lowest BCUT2D eigenvalue weighted by Crippen LogP contribution is -2.12. The van der Waals surface area contributed by atoms with Crippen molar-refractivity contribution in [2.24, 2.45) is 0 Å². The maximum absolute atomic E-state index is 12.0. The molecule has 20 heavy (non-hydrogen) atoms. The summed E-state index contributed by atoms with van der Waals surface area (Å²) in [6, 6.07) is 10.8. The SMILES string of the molecule is Cc1cc(Br)cc(Cl)c1OCC(=O)c1ccc(Br)cc1. The minimum absolute atomic E-state index is 0.0379. The molecule has 104 valence electrons. The third kappa shape index (κ3) is 3.84. The first kappa shape index (κ1) is 15.5. The Balaban J connectivity index is 2.09. The van der Waals surface area contributed by atoms with Crippen molar-refractivity contribution in [1.82, 2.24) is 0 Å². The Morgan fingerprint density at radius 1 is 1.15 bits per heavy atom. The van der Waals surface area contributed by atoms with Crippen molar-refractivity contribution in [1.29, 1.82) is 0 Å². The van der Waals surface area contributed by atoms with Gasteiger partial charge in [0.1, 0.15) is 5.75 Å². The monoisotopic (exact) mass is 416 g/mol. The zero-order chi connectivity index (χ0) is 14.7. The second kappa shape index (κ2) is 6.74. The Hall–Kier alpha value is -0.840. The van der Waals surface area contributed by atoms with Crippen LogP contribution in [0.5, 0.6) is 5.75 Å². The van der Waals surface area contributed by atoms with Crippen LogP contribution in [0.4, 0.5) is 0 Å². The van der Waals surface area contributed by atoms with Crippen LogP contribution in [0.1, 0.15) is 15.9 Å². The summed E-state index contributed by atoms with van der Waals surface area (Å²) in [5, 5.41) is 0.487. The Morgan fingerprint density at radius 2 is 1.80 bits per heavy atom. The molecule has 5 heteroatoms. The van der Waals surface area contributed by atoms with Gasteiger partial charge in [-0.3, -0.25) is 4.79 Å². The fourth-order valence-corrected chi connectivity index (χ4v) is 3.02. The van der Waals surface area contributed by atoms with Crippen molar-refractivity contribution in [3.05, 3.63) is 61.5 Å². The minimum atomic E-state index is -0.0871. The number of carbonyl (C=O) groups excluding carboxylic acids is 1. The molecule has 0 unspecified atom stereocenters. The van der Waals surface area contributed by atoms with Crippen molar-refractivity contribution >= 4 is 49.2 Å². The van der Waals surface area contributed by atoms with Crippen LogP contribution >= 0.6 is 43.5 Å². The lowest BCUT2D eigenvalue weighted by molar-refractivity contribution is 0.0921. The highest BCUT2D eigenvalue weighted by atomic mass is 79.9. The fraction of sp³-hybridized carbons (Fsp3) is 0.133. The number of hydrogen-bond acceptors (Lipinski definition) is 2. The third-order valence-electron chi connectivity index (χ3n) is 2.71. The molecule has 0 amide bonds. The van der Waals surface area contributed by atoms with Gasteiger partial charge in [0.15, 0.2) is 12.4 Å². The normalized spacial score (nSPS) is 10.4. The molecule has 0 spiro atoms. The van der Waals surface area contributed by atoms with E-state index in [1.807, 2.05) is 25.1 Å². The van der Waals surface area contributed by atoms with Crippen LogP contribution in [-0.4, -0.2) is 12.4 Å². The van der Waals surface area contributed by atoms with Crippen LogP contribution in [-0.2, 0) is 0 Å². The molecule has 0 saturated heterocycles. The zero-order valence-corrected chi connectivity index (χ0v) is 14.5. The number of aryl methyl sites for hydroxylation is 1. The van der Waals surface area contributed by atoms with Gasteiger partial charge in [0, 0.05) is 14.5 Å². The molecule has 0 radical (unpaired) electrons. The second-order valence-corrected chi connectivity index (χ2v) is 6.49. The summed E-state index contributed by atoms with van der Waals surface area (Å²) < 4.78 is 7.37. The fourth-order valence-electron chi connectivity index (χ4n) is 1.73. The van der Waals surface area contributed by atoms with E-state index < -0.39 is 0 Å². The summed E-state index contributed by atoms with van der Waals surface area (Å²) in [7, 11) is 0. The standard InChI is InChI=1S/C15H11Br2ClO2/c1-9-6-12(17)7-13(18)15(9)20-8-14(19)10-2-4-11(16)5-3-10/h2-7H,8H2,1H3. The van der Waals surface area contributed by atoms with Gasteiger partial charge in [-0.1, -0.05) is 55.6 Å². The van der Waals surface area contributed by atoms with Crippen molar-refractivity contribution in [2.75, 3.05) is 6.61 Å². The van der Waals surface area contributed by atoms with Gasteiger partial charge in [0.2, 0.25) is 0 Å². The molecule has 0 aliphatic rings. The van der Waals surface area contributed by atoms with E-state index in [2.05, 4.69) is 31.9 Å². The molecule has 0 saturated carbocycles. The molecule has 2 aromatic rings. The first-order valence-electron chi connectivity index (χ1n) is 5.84. The smallest absolute Gasteiger partial charge is 0.200 e. The number of hydrogen-bond donors (Lipinski definition) is 0. The van der Waals surface area contributed by atoms with Crippen LogP contribution < -0.4 is 4.74 Å². The van der Waals surface area contributed by atoms with Crippen molar-refractivity contribution in [2.45, 2.75) is 6.92 Å². The number of benzene rings is 2. The molecule has 0 aliphatic carbocycles. The van der Waals surface area contributed by atoms with Crippen LogP contribution in [0.3, 0.4) is 0 Å². The minimum Gasteiger partial charge on any atom is -0.484 e. The van der Waals surface area contributed by atoms with E-state index in [0.717, 1.165) is 14.5 Å². The Kier molecular flexibility index (Phi) is 5.24. The Morgan fingerprint density at radius 3 is 2.40 bits per heavy atom. The molecule has 0 bridgehead atoms. The molecule has 2 nitrogen and oxygen atoms in total. The van der Waals surface area contributed by atoms with E-state index >= 15 is 0 Å². The van der Waals surface area contributed by atoms with E-state index in [9.17, 15) is 4.79 Å². The maximum atomic E-state index is 12.0. The quantitative estimate of drug-likeness (QED) is 0.619. The zero-order valence-electron chi connectivity index (χ0n) is 10.6. The highest BCUT2D eigenvalue weighted by Gasteiger charge is 2.11. The Bertz CT molecular complexity index is 616. The lowest BCUT2D eigenvalue weighted by Gasteiger charge is -2.11. The summed E-state index contributed by atoms with van der Waals surface area (Å²) in [5.74, 6) is 0.455. The van der Waals surface area contributed by atoms with Crippen LogP contribution in [0.15, 0.2) is 45.3 Å². The molecule has 0 atom stereocenters. The molecule has 0 heterocycles.